The number of anilines is 1. The Morgan fingerprint density at radius 3 is 2.20 bits per heavy atom. The third-order valence-electron chi connectivity index (χ3n) is 6.53. The molecule has 0 spiro atoms. The average Bonchev–Trinajstić information content (AvgIpc) is 3.44. The second kappa shape index (κ2) is 11.7. The summed E-state index contributed by atoms with van der Waals surface area (Å²) in [5.41, 5.74) is 5.28. The van der Waals surface area contributed by atoms with Crippen molar-refractivity contribution >= 4 is 17.6 Å². The molecule has 0 aliphatic heterocycles. The number of benzene rings is 4. The van der Waals surface area contributed by atoms with Crippen molar-refractivity contribution in [3.63, 3.8) is 0 Å². The largest absolute Gasteiger partial charge is 0.497 e. The van der Waals surface area contributed by atoms with E-state index in [0.29, 0.717) is 28.3 Å². The molecule has 1 N–H and O–H groups in total. The number of nitrogens with one attached hydrogen (secondary N) is 1. The molecule has 1 atom stereocenters. The van der Waals surface area contributed by atoms with Gasteiger partial charge in [-0.1, -0.05) is 60.7 Å². The van der Waals surface area contributed by atoms with Gasteiger partial charge in [-0.15, -0.1) is 0 Å². The van der Waals surface area contributed by atoms with Crippen LogP contribution in [0.2, 0.25) is 0 Å². The first-order valence-corrected chi connectivity index (χ1v) is 12.9. The van der Waals surface area contributed by atoms with Gasteiger partial charge in [-0.2, -0.15) is 5.10 Å². The highest BCUT2D eigenvalue weighted by molar-refractivity contribution is 6.00. The van der Waals surface area contributed by atoms with E-state index in [-0.39, 0.29) is 5.56 Å². The number of amides is 1. The summed E-state index contributed by atoms with van der Waals surface area (Å²) in [5.74, 6) is -0.435. The van der Waals surface area contributed by atoms with E-state index in [1.807, 2.05) is 80.6 Å². The van der Waals surface area contributed by atoms with Crippen LogP contribution in [-0.2, 0) is 9.53 Å². The van der Waals surface area contributed by atoms with Gasteiger partial charge in [0.25, 0.3) is 5.91 Å². The molecule has 0 radical (unpaired) electrons. The Balaban J connectivity index is 1.52. The van der Waals surface area contributed by atoms with Crippen LogP contribution >= 0.6 is 0 Å². The molecule has 0 fully saturated rings. The summed E-state index contributed by atoms with van der Waals surface area (Å²) in [6, 6.07) is 31.5. The molecule has 0 saturated carbocycles. The van der Waals surface area contributed by atoms with E-state index >= 15 is 0 Å². The predicted octanol–water partition coefficient (Wildman–Crippen LogP) is 6.70. The van der Waals surface area contributed by atoms with Crippen molar-refractivity contribution in [2.45, 2.75) is 20.0 Å². The molecule has 0 saturated heterocycles. The third kappa shape index (κ3) is 5.78. The standard InChI is InChI=1S/C33H29N3O4/c1-22-14-15-23(2)29(20-22)34-32(37)31(25-10-6-4-7-11-25)40-33(38)28-21-36(26-12-8-5-9-13-26)35-30(28)24-16-18-27(39-3)19-17-24/h4-21,31H,1-3H3,(H,34,37)/t31-/m1/s1. The third-order valence-corrected chi connectivity index (χ3v) is 6.53. The Bertz CT molecular complexity index is 1630. The number of aryl methyl sites for hydroxylation is 2. The lowest BCUT2D eigenvalue weighted by Gasteiger charge is -2.19. The summed E-state index contributed by atoms with van der Waals surface area (Å²) in [5, 5.41) is 7.66. The number of rotatable bonds is 8. The Hall–Kier alpha value is -5.17. The number of ether oxygens (including phenoxy) is 2. The fourth-order valence-electron chi connectivity index (χ4n) is 4.34. The van der Waals surface area contributed by atoms with Crippen molar-refractivity contribution in [3.8, 4) is 22.7 Å². The molecule has 1 heterocycles. The number of aromatic nitrogens is 2. The number of hydrogen-bond acceptors (Lipinski definition) is 5. The Morgan fingerprint density at radius 2 is 1.52 bits per heavy atom. The van der Waals surface area contributed by atoms with E-state index in [1.165, 1.54) is 0 Å². The lowest BCUT2D eigenvalue weighted by molar-refractivity contribution is -0.125. The minimum atomic E-state index is -1.18. The van der Waals surface area contributed by atoms with Crippen LogP contribution in [0.4, 0.5) is 5.69 Å². The highest BCUT2D eigenvalue weighted by Crippen LogP contribution is 2.29. The molecule has 7 nitrogen and oxygen atoms in total. The molecule has 1 amide bonds. The zero-order valence-electron chi connectivity index (χ0n) is 22.5. The smallest absolute Gasteiger partial charge is 0.343 e. The van der Waals surface area contributed by atoms with Gasteiger partial charge in [0, 0.05) is 23.0 Å². The molecule has 1 aromatic heterocycles. The summed E-state index contributed by atoms with van der Waals surface area (Å²) < 4.78 is 12.9. The second-order valence-corrected chi connectivity index (χ2v) is 9.40. The number of hydrogen-bond donors (Lipinski definition) is 1. The Kier molecular flexibility index (Phi) is 7.73. The summed E-state index contributed by atoms with van der Waals surface area (Å²) in [6.07, 6.45) is 0.444. The van der Waals surface area contributed by atoms with Crippen LogP contribution in [0, 0.1) is 13.8 Å². The minimum Gasteiger partial charge on any atom is -0.497 e. The van der Waals surface area contributed by atoms with E-state index < -0.39 is 18.0 Å². The first-order chi connectivity index (χ1) is 19.4. The molecule has 5 aromatic rings. The van der Waals surface area contributed by atoms with Gasteiger partial charge in [-0.25, -0.2) is 9.48 Å². The first-order valence-electron chi connectivity index (χ1n) is 12.9. The lowest BCUT2D eigenvalue weighted by atomic mass is 10.1. The zero-order valence-corrected chi connectivity index (χ0v) is 22.5. The summed E-state index contributed by atoms with van der Waals surface area (Å²) in [6.45, 7) is 3.87. The van der Waals surface area contributed by atoms with Gasteiger partial charge in [-0.3, -0.25) is 4.79 Å². The van der Waals surface area contributed by atoms with Gasteiger partial charge >= 0.3 is 5.97 Å². The van der Waals surface area contributed by atoms with Crippen LogP contribution in [0.15, 0.2) is 109 Å². The van der Waals surface area contributed by atoms with Crippen molar-refractivity contribution < 1.29 is 19.1 Å². The number of carbonyl (C=O) groups excluding carboxylic acids is 2. The van der Waals surface area contributed by atoms with Crippen LogP contribution < -0.4 is 10.1 Å². The van der Waals surface area contributed by atoms with E-state index in [2.05, 4.69) is 5.32 Å². The van der Waals surface area contributed by atoms with Crippen LogP contribution in [0.5, 0.6) is 5.75 Å². The molecular formula is C33H29N3O4. The van der Waals surface area contributed by atoms with Gasteiger partial charge in [0.1, 0.15) is 17.0 Å². The number of methoxy groups -OCH3 is 1. The van der Waals surface area contributed by atoms with Crippen LogP contribution in [-0.4, -0.2) is 28.8 Å². The highest BCUT2D eigenvalue weighted by atomic mass is 16.5. The maximum atomic E-state index is 13.8. The number of para-hydroxylation sites is 1. The van der Waals surface area contributed by atoms with Gasteiger partial charge in [-0.05, 0) is 67.4 Å². The monoisotopic (exact) mass is 531 g/mol. The zero-order chi connectivity index (χ0) is 28.1. The van der Waals surface area contributed by atoms with E-state index in [4.69, 9.17) is 14.6 Å². The fourth-order valence-corrected chi connectivity index (χ4v) is 4.34. The molecule has 0 unspecified atom stereocenters. The normalized spacial score (nSPS) is 11.5. The maximum absolute atomic E-state index is 13.8. The first kappa shape index (κ1) is 26.4. The maximum Gasteiger partial charge on any atom is 0.343 e. The van der Waals surface area contributed by atoms with Crippen molar-refractivity contribution in [1.29, 1.82) is 0 Å². The lowest BCUT2D eigenvalue weighted by Crippen LogP contribution is -2.26. The molecule has 0 aliphatic carbocycles. The molecule has 200 valence electrons. The van der Waals surface area contributed by atoms with Crippen LogP contribution in [0.3, 0.4) is 0 Å². The molecule has 7 heteroatoms. The van der Waals surface area contributed by atoms with Crippen molar-refractivity contribution in [2.24, 2.45) is 0 Å². The van der Waals surface area contributed by atoms with E-state index in [9.17, 15) is 9.59 Å². The highest BCUT2D eigenvalue weighted by Gasteiger charge is 2.29. The quantitative estimate of drug-likeness (QED) is 0.225. The topological polar surface area (TPSA) is 82.5 Å². The van der Waals surface area contributed by atoms with Gasteiger partial charge in [0.05, 0.1) is 12.8 Å². The predicted molar refractivity (Wildman–Crippen MR) is 155 cm³/mol. The molecular weight excluding hydrogens is 502 g/mol. The van der Waals surface area contributed by atoms with Crippen molar-refractivity contribution in [3.05, 3.63) is 132 Å². The Labute approximate surface area is 233 Å². The van der Waals surface area contributed by atoms with Crippen molar-refractivity contribution in [1.82, 2.24) is 9.78 Å². The van der Waals surface area contributed by atoms with E-state index in [1.54, 1.807) is 54.4 Å². The number of carbonyl (C=O) groups is 2. The second-order valence-electron chi connectivity index (χ2n) is 9.40. The summed E-state index contributed by atoms with van der Waals surface area (Å²) in [4.78, 5) is 27.4. The molecule has 0 aliphatic rings. The molecule has 5 rings (SSSR count). The summed E-state index contributed by atoms with van der Waals surface area (Å²) >= 11 is 0. The summed E-state index contributed by atoms with van der Waals surface area (Å²) in [7, 11) is 1.59. The number of nitrogens with zero attached hydrogens (tertiary/aromatic N) is 2. The van der Waals surface area contributed by atoms with E-state index in [0.717, 1.165) is 16.8 Å². The average molecular weight is 532 g/mol. The van der Waals surface area contributed by atoms with Gasteiger partial charge in [0.15, 0.2) is 0 Å². The molecule has 0 bridgehead atoms. The minimum absolute atomic E-state index is 0.231. The Morgan fingerprint density at radius 1 is 0.850 bits per heavy atom. The number of esters is 1. The SMILES string of the molecule is COc1ccc(-c2nn(-c3ccccc3)cc2C(=O)O[C@@H](C(=O)Nc2cc(C)ccc2C)c2ccccc2)cc1. The van der Waals surface area contributed by atoms with Crippen LogP contribution in [0.1, 0.15) is 33.2 Å². The van der Waals surface area contributed by atoms with Gasteiger partial charge < -0.3 is 14.8 Å². The molecule has 4 aromatic carbocycles. The van der Waals surface area contributed by atoms with Crippen LogP contribution in [0.25, 0.3) is 16.9 Å². The van der Waals surface area contributed by atoms with Crippen molar-refractivity contribution in [2.75, 3.05) is 12.4 Å². The van der Waals surface area contributed by atoms with Gasteiger partial charge in [0.2, 0.25) is 6.10 Å². The fraction of sp³-hybridized carbons (Fsp3) is 0.121. The molecule has 40 heavy (non-hydrogen) atoms.